The number of benzene rings is 1. The maximum Gasteiger partial charge on any atom is 0.239 e. The van der Waals surface area contributed by atoms with Gasteiger partial charge in [-0.15, -0.1) is 0 Å². The number of amides is 1. The highest BCUT2D eigenvalue weighted by atomic mass is 16.5. The molecule has 2 aromatic rings. The number of rotatable bonds is 5. The second-order valence-electron chi connectivity index (χ2n) is 8.61. The van der Waals surface area contributed by atoms with Crippen LogP contribution in [0.4, 0.5) is 11.6 Å². The van der Waals surface area contributed by atoms with Gasteiger partial charge in [-0.05, 0) is 55.9 Å². The standard InChI is InChI=1S/C22H26N4O4/c1-30-16-6-4-15(5-7-16)26-12-14-11-24-21(23-10-13-2-3-13)25-19(14)22(20(26)29)8-17(27)18(28)9-22/h4-7,11,13,17-18,27-28H,2-3,8-10,12H2,1H3,(H,23,24,25)/t17-,18+,22-. The Balaban J connectivity index is 1.54. The van der Waals surface area contributed by atoms with Crippen molar-refractivity contribution < 1.29 is 19.7 Å². The number of methoxy groups -OCH3 is 1. The topological polar surface area (TPSA) is 108 Å². The van der Waals surface area contributed by atoms with Crippen molar-refractivity contribution in [1.82, 2.24) is 9.97 Å². The number of ether oxygens (including phenoxy) is 1. The predicted molar refractivity (Wildman–Crippen MR) is 110 cm³/mol. The van der Waals surface area contributed by atoms with Crippen LogP contribution in [-0.4, -0.2) is 52.0 Å². The van der Waals surface area contributed by atoms with Gasteiger partial charge in [0.15, 0.2) is 0 Å². The number of anilines is 2. The molecule has 5 rings (SSSR count). The van der Waals surface area contributed by atoms with Crippen molar-refractivity contribution in [2.75, 3.05) is 23.9 Å². The van der Waals surface area contributed by atoms with Crippen LogP contribution in [0.2, 0.25) is 0 Å². The monoisotopic (exact) mass is 410 g/mol. The van der Waals surface area contributed by atoms with Crippen molar-refractivity contribution in [2.24, 2.45) is 5.92 Å². The molecule has 3 N–H and O–H groups in total. The largest absolute Gasteiger partial charge is 0.497 e. The second-order valence-corrected chi connectivity index (χ2v) is 8.61. The van der Waals surface area contributed by atoms with Crippen molar-refractivity contribution in [3.63, 3.8) is 0 Å². The molecule has 8 nitrogen and oxygen atoms in total. The second kappa shape index (κ2) is 7.21. The zero-order valence-electron chi connectivity index (χ0n) is 16.9. The lowest BCUT2D eigenvalue weighted by atomic mass is 9.76. The SMILES string of the molecule is COc1ccc(N2Cc3cnc(NCC4CC4)nc3[C@]3(C[C@@H](O)[C@@H](O)C3)C2=O)cc1. The summed E-state index contributed by atoms with van der Waals surface area (Å²) in [6, 6.07) is 7.29. The molecule has 0 radical (unpaired) electrons. The number of nitrogens with one attached hydrogen (secondary N) is 1. The minimum atomic E-state index is -1.06. The summed E-state index contributed by atoms with van der Waals surface area (Å²) in [7, 11) is 1.60. The van der Waals surface area contributed by atoms with Gasteiger partial charge in [-0.2, -0.15) is 0 Å². The number of carbonyl (C=O) groups excluding carboxylic acids is 1. The van der Waals surface area contributed by atoms with Gasteiger partial charge in [0.25, 0.3) is 0 Å². The number of aromatic nitrogens is 2. The van der Waals surface area contributed by atoms with Crippen LogP contribution in [0.5, 0.6) is 5.75 Å². The molecule has 2 saturated carbocycles. The minimum Gasteiger partial charge on any atom is -0.497 e. The average Bonchev–Trinajstić information content (AvgIpc) is 3.54. The molecule has 1 spiro atoms. The summed E-state index contributed by atoms with van der Waals surface area (Å²) in [5.41, 5.74) is 1.13. The highest BCUT2D eigenvalue weighted by molar-refractivity contribution is 6.03. The van der Waals surface area contributed by atoms with Crippen molar-refractivity contribution in [3.05, 3.63) is 41.7 Å². The summed E-state index contributed by atoms with van der Waals surface area (Å²) in [4.78, 5) is 24.6. The van der Waals surface area contributed by atoms with E-state index < -0.39 is 17.6 Å². The molecule has 2 fully saturated rings. The Labute approximate surface area is 174 Å². The molecule has 0 bridgehead atoms. The van der Waals surface area contributed by atoms with E-state index in [1.807, 2.05) is 24.3 Å². The predicted octanol–water partition coefficient (Wildman–Crippen LogP) is 1.61. The molecule has 1 aromatic carbocycles. The van der Waals surface area contributed by atoms with E-state index in [1.165, 1.54) is 12.8 Å². The summed E-state index contributed by atoms with van der Waals surface area (Å²) in [5, 5.41) is 24.0. The first kappa shape index (κ1) is 19.3. The molecular formula is C22H26N4O4. The van der Waals surface area contributed by atoms with E-state index in [-0.39, 0.29) is 18.7 Å². The van der Waals surface area contributed by atoms with Crippen LogP contribution in [0.3, 0.4) is 0 Å². The molecule has 1 aliphatic heterocycles. The van der Waals surface area contributed by atoms with Gasteiger partial charge in [-0.25, -0.2) is 9.97 Å². The quantitative estimate of drug-likeness (QED) is 0.687. The highest BCUT2D eigenvalue weighted by Crippen LogP contribution is 2.47. The molecule has 0 unspecified atom stereocenters. The summed E-state index contributed by atoms with van der Waals surface area (Å²) in [6.07, 6.45) is 2.56. The molecule has 3 aliphatic rings. The van der Waals surface area contributed by atoms with Crippen molar-refractivity contribution in [1.29, 1.82) is 0 Å². The lowest BCUT2D eigenvalue weighted by Crippen LogP contribution is -2.51. The number of fused-ring (bicyclic) bond motifs is 2. The first-order valence-corrected chi connectivity index (χ1v) is 10.4. The molecule has 0 saturated heterocycles. The van der Waals surface area contributed by atoms with Crippen molar-refractivity contribution in [3.8, 4) is 5.75 Å². The molecule has 8 heteroatoms. The highest BCUT2D eigenvalue weighted by Gasteiger charge is 2.56. The summed E-state index contributed by atoms with van der Waals surface area (Å²) in [5.74, 6) is 1.73. The number of carbonyl (C=O) groups is 1. The third kappa shape index (κ3) is 3.20. The molecule has 1 amide bonds. The van der Waals surface area contributed by atoms with Crippen LogP contribution in [0.1, 0.15) is 36.9 Å². The number of hydrogen-bond acceptors (Lipinski definition) is 7. The van der Waals surface area contributed by atoms with Crippen LogP contribution < -0.4 is 15.0 Å². The Morgan fingerprint density at radius 2 is 1.90 bits per heavy atom. The Kier molecular flexibility index (Phi) is 4.63. The Morgan fingerprint density at radius 3 is 2.53 bits per heavy atom. The lowest BCUT2D eigenvalue weighted by Gasteiger charge is -2.40. The Hall–Kier alpha value is -2.71. The zero-order valence-corrected chi connectivity index (χ0v) is 16.9. The van der Waals surface area contributed by atoms with E-state index in [9.17, 15) is 15.0 Å². The summed E-state index contributed by atoms with van der Waals surface area (Å²) < 4.78 is 5.22. The third-order valence-electron chi connectivity index (χ3n) is 6.49. The van der Waals surface area contributed by atoms with Gasteiger partial charge >= 0.3 is 0 Å². The van der Waals surface area contributed by atoms with Crippen molar-refractivity contribution in [2.45, 2.75) is 49.9 Å². The smallest absolute Gasteiger partial charge is 0.239 e. The van der Waals surface area contributed by atoms with E-state index in [0.717, 1.165) is 17.8 Å². The van der Waals surface area contributed by atoms with Gasteiger partial charge in [-0.3, -0.25) is 4.79 Å². The minimum absolute atomic E-state index is 0.145. The maximum atomic E-state index is 13.7. The number of aliphatic hydroxyl groups is 2. The maximum absolute atomic E-state index is 13.7. The fourth-order valence-corrected chi connectivity index (χ4v) is 4.59. The fourth-order valence-electron chi connectivity index (χ4n) is 4.59. The zero-order chi connectivity index (χ0) is 20.9. The molecule has 158 valence electrons. The molecule has 2 aliphatic carbocycles. The van der Waals surface area contributed by atoms with Crippen molar-refractivity contribution >= 4 is 17.5 Å². The number of aliphatic hydroxyl groups excluding tert-OH is 2. The first-order chi connectivity index (χ1) is 14.5. The van der Waals surface area contributed by atoms with E-state index in [2.05, 4.69) is 10.3 Å². The van der Waals surface area contributed by atoms with Crippen LogP contribution in [-0.2, 0) is 16.8 Å². The van der Waals surface area contributed by atoms with Crippen LogP contribution in [0, 0.1) is 5.92 Å². The van der Waals surface area contributed by atoms with Crippen LogP contribution in [0.15, 0.2) is 30.5 Å². The number of hydrogen-bond donors (Lipinski definition) is 3. The van der Waals surface area contributed by atoms with E-state index in [0.29, 0.717) is 29.9 Å². The summed E-state index contributed by atoms with van der Waals surface area (Å²) >= 11 is 0. The van der Waals surface area contributed by atoms with Gasteiger partial charge in [-0.1, -0.05) is 0 Å². The molecule has 3 atom stereocenters. The van der Waals surface area contributed by atoms with E-state index >= 15 is 0 Å². The molecule has 2 heterocycles. The third-order valence-corrected chi connectivity index (χ3v) is 6.49. The lowest BCUT2D eigenvalue weighted by molar-refractivity contribution is -0.125. The number of nitrogens with zero attached hydrogens (tertiary/aromatic N) is 3. The fraction of sp³-hybridized carbons (Fsp3) is 0.500. The average molecular weight is 410 g/mol. The molecular weight excluding hydrogens is 384 g/mol. The molecule has 30 heavy (non-hydrogen) atoms. The Morgan fingerprint density at radius 1 is 1.20 bits per heavy atom. The molecule has 1 aromatic heterocycles. The van der Waals surface area contributed by atoms with Gasteiger partial charge in [0, 0.05) is 24.0 Å². The summed E-state index contributed by atoms with van der Waals surface area (Å²) in [6.45, 7) is 1.17. The normalized spacial score (nSPS) is 28.0. The van der Waals surface area contributed by atoms with Crippen LogP contribution >= 0.6 is 0 Å². The first-order valence-electron chi connectivity index (χ1n) is 10.4. The van der Waals surface area contributed by atoms with Crippen LogP contribution in [0.25, 0.3) is 0 Å². The Bertz CT molecular complexity index is 950. The van der Waals surface area contributed by atoms with Gasteiger partial charge in [0.1, 0.15) is 5.75 Å². The van der Waals surface area contributed by atoms with Gasteiger partial charge in [0.2, 0.25) is 11.9 Å². The van der Waals surface area contributed by atoms with E-state index in [1.54, 1.807) is 18.2 Å². The van der Waals surface area contributed by atoms with Gasteiger partial charge in [0.05, 0.1) is 37.0 Å². The van der Waals surface area contributed by atoms with E-state index in [4.69, 9.17) is 9.72 Å². The van der Waals surface area contributed by atoms with Gasteiger partial charge < -0.3 is 25.2 Å².